The van der Waals surface area contributed by atoms with E-state index in [1.54, 1.807) is 0 Å². The van der Waals surface area contributed by atoms with E-state index >= 15 is 0 Å². The molecule has 5 aromatic rings. The first-order valence-corrected chi connectivity index (χ1v) is 12.6. The van der Waals surface area contributed by atoms with E-state index in [4.69, 9.17) is 0 Å². The largest absolute Gasteiger partial charge is 0.392 e. The number of aromatic nitrogens is 1. The Morgan fingerprint density at radius 1 is 0.676 bits per heavy atom. The molecule has 34 heavy (non-hydrogen) atoms. The third kappa shape index (κ3) is 3.05. The fourth-order valence-corrected chi connectivity index (χ4v) is 5.98. The Hall–Kier alpha value is -3.36. The zero-order valence-corrected chi connectivity index (χ0v) is 20.6. The molecule has 1 aromatic heterocycles. The topological polar surface area (TPSA) is 25.2 Å². The Morgan fingerprint density at radius 2 is 1.21 bits per heavy atom. The lowest BCUT2D eigenvalue weighted by molar-refractivity contribution is 0.281. The van der Waals surface area contributed by atoms with Gasteiger partial charge in [0.2, 0.25) is 0 Å². The van der Waals surface area contributed by atoms with Crippen LogP contribution in [0.1, 0.15) is 57.2 Å². The molecular formula is C32H33NO. The maximum atomic E-state index is 9.77. The molecule has 0 aliphatic heterocycles. The maximum Gasteiger partial charge on any atom is 0.0681 e. The Balaban J connectivity index is 0.00000117. The molecule has 2 nitrogen and oxygen atoms in total. The summed E-state index contributed by atoms with van der Waals surface area (Å²) in [5.74, 6) is 0. The molecule has 0 bridgehead atoms. The summed E-state index contributed by atoms with van der Waals surface area (Å²) < 4.78 is 2.41. The fourth-order valence-electron chi connectivity index (χ4n) is 5.98. The summed E-state index contributed by atoms with van der Waals surface area (Å²) >= 11 is 0. The lowest BCUT2D eigenvalue weighted by Gasteiger charge is -2.30. The lowest BCUT2D eigenvalue weighted by Crippen LogP contribution is -2.23. The minimum Gasteiger partial charge on any atom is -0.392 e. The summed E-state index contributed by atoms with van der Waals surface area (Å²) in [6.07, 6.45) is 2.07. The number of rotatable bonds is 4. The second-order valence-corrected chi connectivity index (χ2v) is 8.93. The molecule has 0 spiro atoms. The fraction of sp³-hybridized carbons (Fsp3) is 0.250. The molecular weight excluding hydrogens is 414 g/mol. The molecule has 1 heterocycles. The van der Waals surface area contributed by atoms with Crippen LogP contribution in [0.15, 0.2) is 84.9 Å². The van der Waals surface area contributed by atoms with E-state index in [1.165, 1.54) is 49.7 Å². The molecule has 2 heteroatoms. The highest BCUT2D eigenvalue weighted by atomic mass is 16.3. The van der Waals surface area contributed by atoms with Crippen LogP contribution in [0.2, 0.25) is 0 Å². The molecule has 1 aliphatic rings. The van der Waals surface area contributed by atoms with Crippen LogP contribution in [0, 0.1) is 0 Å². The van der Waals surface area contributed by atoms with Crippen molar-refractivity contribution in [3.05, 3.63) is 102 Å². The van der Waals surface area contributed by atoms with E-state index in [0.717, 1.165) is 18.4 Å². The van der Waals surface area contributed by atoms with E-state index in [-0.39, 0.29) is 12.0 Å². The predicted molar refractivity (Wildman–Crippen MR) is 145 cm³/mol. The number of benzene rings is 4. The van der Waals surface area contributed by atoms with Gasteiger partial charge in [0.25, 0.3) is 0 Å². The van der Waals surface area contributed by atoms with Gasteiger partial charge in [0.15, 0.2) is 0 Å². The van der Waals surface area contributed by atoms with Gasteiger partial charge < -0.3 is 9.67 Å². The van der Waals surface area contributed by atoms with Crippen LogP contribution >= 0.6 is 0 Å². The number of aliphatic hydroxyl groups is 1. The molecule has 0 atom stereocenters. The number of fused-ring (bicyclic) bond motifs is 6. The summed E-state index contributed by atoms with van der Waals surface area (Å²) in [5.41, 5.74) is 10.1. The average Bonchev–Trinajstić information content (AvgIpc) is 3.39. The molecule has 6 rings (SSSR count). The van der Waals surface area contributed by atoms with Crippen molar-refractivity contribution in [3.8, 4) is 16.8 Å². The predicted octanol–water partition coefficient (Wildman–Crippen LogP) is 8.39. The van der Waals surface area contributed by atoms with Gasteiger partial charge in [-0.25, -0.2) is 0 Å². The van der Waals surface area contributed by atoms with Crippen molar-refractivity contribution in [2.45, 2.75) is 52.6 Å². The molecule has 1 N–H and O–H groups in total. The molecule has 0 saturated carbocycles. The third-order valence-electron chi connectivity index (χ3n) is 7.64. The molecule has 0 amide bonds. The minimum absolute atomic E-state index is 0.0232. The molecule has 0 fully saturated rings. The van der Waals surface area contributed by atoms with E-state index in [2.05, 4.69) is 103 Å². The maximum absolute atomic E-state index is 9.77. The van der Waals surface area contributed by atoms with Gasteiger partial charge in [0.05, 0.1) is 17.6 Å². The summed E-state index contributed by atoms with van der Waals surface area (Å²) in [6, 6.07) is 30.8. The van der Waals surface area contributed by atoms with Gasteiger partial charge in [-0.2, -0.15) is 0 Å². The molecule has 0 unspecified atom stereocenters. The van der Waals surface area contributed by atoms with Crippen molar-refractivity contribution < 1.29 is 5.11 Å². The van der Waals surface area contributed by atoms with Gasteiger partial charge in [-0.15, -0.1) is 0 Å². The van der Waals surface area contributed by atoms with Gasteiger partial charge in [-0.05, 0) is 64.9 Å². The summed E-state index contributed by atoms with van der Waals surface area (Å²) in [5, 5.41) is 12.3. The number of aliphatic hydroxyl groups excluding tert-OH is 1. The Labute approximate surface area is 202 Å². The number of hydrogen-bond donors (Lipinski definition) is 1. The first kappa shape index (κ1) is 22.4. The van der Waals surface area contributed by atoms with E-state index in [0.29, 0.717) is 0 Å². The second-order valence-electron chi connectivity index (χ2n) is 8.93. The Bertz CT molecular complexity index is 1430. The third-order valence-corrected chi connectivity index (χ3v) is 7.64. The van der Waals surface area contributed by atoms with Crippen LogP contribution in [-0.2, 0) is 12.0 Å². The highest BCUT2D eigenvalue weighted by Crippen LogP contribution is 2.53. The summed E-state index contributed by atoms with van der Waals surface area (Å²) in [7, 11) is 0. The number of nitrogens with zero attached hydrogens (tertiary/aromatic N) is 1. The second kappa shape index (κ2) is 8.77. The average molecular weight is 448 g/mol. The van der Waals surface area contributed by atoms with Crippen LogP contribution in [-0.4, -0.2) is 9.67 Å². The van der Waals surface area contributed by atoms with Gasteiger partial charge in [-0.3, -0.25) is 0 Å². The highest BCUT2D eigenvalue weighted by molar-refractivity contribution is 6.09. The van der Waals surface area contributed by atoms with Gasteiger partial charge in [0.1, 0.15) is 0 Å². The van der Waals surface area contributed by atoms with Crippen LogP contribution in [0.3, 0.4) is 0 Å². The summed E-state index contributed by atoms with van der Waals surface area (Å²) in [6.45, 7) is 8.67. The van der Waals surface area contributed by atoms with Crippen molar-refractivity contribution in [1.82, 2.24) is 4.57 Å². The van der Waals surface area contributed by atoms with Crippen molar-refractivity contribution >= 4 is 21.8 Å². The van der Waals surface area contributed by atoms with Crippen molar-refractivity contribution in [2.24, 2.45) is 0 Å². The molecule has 0 radical (unpaired) electrons. The lowest BCUT2D eigenvalue weighted by atomic mass is 9.73. The van der Waals surface area contributed by atoms with Crippen LogP contribution in [0.5, 0.6) is 0 Å². The summed E-state index contributed by atoms with van der Waals surface area (Å²) in [4.78, 5) is 0. The zero-order valence-electron chi connectivity index (χ0n) is 20.6. The van der Waals surface area contributed by atoms with Crippen molar-refractivity contribution in [3.63, 3.8) is 0 Å². The SMILES string of the molecule is CC.CCC1(CC)c2cc(CO)ccc2-c2ccc(-n3c4ccccc4c4ccccc43)cc21. The van der Waals surface area contributed by atoms with Gasteiger partial charge in [0, 0.05) is 21.9 Å². The van der Waals surface area contributed by atoms with Crippen molar-refractivity contribution in [1.29, 1.82) is 0 Å². The molecule has 172 valence electrons. The minimum atomic E-state index is -0.0232. The molecule has 1 aliphatic carbocycles. The highest BCUT2D eigenvalue weighted by Gasteiger charge is 2.40. The van der Waals surface area contributed by atoms with Crippen LogP contribution in [0.4, 0.5) is 0 Å². The smallest absolute Gasteiger partial charge is 0.0681 e. The van der Waals surface area contributed by atoms with Crippen LogP contribution < -0.4 is 0 Å². The van der Waals surface area contributed by atoms with E-state index < -0.39 is 0 Å². The quantitative estimate of drug-likeness (QED) is 0.294. The van der Waals surface area contributed by atoms with Crippen LogP contribution in [0.25, 0.3) is 38.6 Å². The Morgan fingerprint density at radius 3 is 1.76 bits per heavy atom. The van der Waals surface area contributed by atoms with E-state index in [9.17, 15) is 5.11 Å². The Kier molecular flexibility index (Phi) is 5.79. The van der Waals surface area contributed by atoms with Gasteiger partial charge >= 0.3 is 0 Å². The normalized spacial score (nSPS) is 13.4. The zero-order chi connectivity index (χ0) is 23.9. The van der Waals surface area contributed by atoms with E-state index in [1.807, 2.05) is 13.8 Å². The monoisotopic (exact) mass is 447 g/mol. The van der Waals surface area contributed by atoms with Gasteiger partial charge in [-0.1, -0.05) is 88.4 Å². The molecule has 4 aromatic carbocycles. The standard InChI is InChI=1S/C30H27NO.C2H6/c1-3-30(4-2)26-17-20(19-32)13-15-22(26)23-16-14-21(18-27(23)30)31-28-11-7-5-9-24(28)25-10-6-8-12-29(25)31;1-2/h5-18,32H,3-4,19H2,1-2H3;1-2H3. The first-order chi connectivity index (χ1) is 16.7. The van der Waals surface area contributed by atoms with Crippen molar-refractivity contribution in [2.75, 3.05) is 0 Å². The number of hydrogen-bond acceptors (Lipinski definition) is 1. The number of para-hydroxylation sites is 2. The first-order valence-electron chi connectivity index (χ1n) is 12.6. The molecule has 0 saturated heterocycles.